The van der Waals surface area contributed by atoms with Crippen LogP contribution in [0.1, 0.15) is 102 Å². The highest BCUT2D eigenvalue weighted by atomic mass is 32.2. The monoisotopic (exact) mass is 642 g/mol. The third-order valence-electron chi connectivity index (χ3n) is 7.18. The number of unbranched alkanes of at least 4 members (excludes halogenated alkanes) is 10. The Morgan fingerprint density at radius 2 is 0.907 bits per heavy atom. The standard InChI is InChI=1S/C32H50O9S2/c1-3-5-7-9-11-13-15-27-17-19-29(31(25-27)42(33,34)35)40-23-21-39-22-24-41-30-20-18-28(26-32(30)43(36,37)38)16-14-12-10-8-6-4-2/h17-20,25-26H,3-16,21-24H2,1-2H3,(H,33,34,35)(H,36,37,38). The summed E-state index contributed by atoms with van der Waals surface area (Å²) in [5.41, 5.74) is 1.65. The quantitative estimate of drug-likeness (QED) is 0.0883. The van der Waals surface area contributed by atoms with Crippen molar-refractivity contribution in [3.8, 4) is 11.5 Å². The number of aryl methyl sites for hydroxylation is 2. The van der Waals surface area contributed by atoms with Gasteiger partial charge in [-0.2, -0.15) is 16.8 Å². The Balaban J connectivity index is 1.79. The smallest absolute Gasteiger partial charge is 0.298 e. The van der Waals surface area contributed by atoms with Crippen LogP contribution in [0.5, 0.6) is 11.5 Å². The summed E-state index contributed by atoms with van der Waals surface area (Å²) in [4.78, 5) is -0.533. The average molecular weight is 643 g/mol. The van der Waals surface area contributed by atoms with Crippen LogP contribution in [-0.2, 0) is 37.8 Å². The summed E-state index contributed by atoms with van der Waals surface area (Å²) in [5.74, 6) is 0.0979. The molecule has 0 saturated heterocycles. The minimum Gasteiger partial charge on any atom is -0.490 e. The average Bonchev–Trinajstić information content (AvgIpc) is 2.96. The Kier molecular flexibility index (Phi) is 17.2. The van der Waals surface area contributed by atoms with E-state index in [0.29, 0.717) is 0 Å². The van der Waals surface area contributed by atoms with E-state index in [2.05, 4.69) is 13.8 Å². The Labute approximate surface area is 258 Å². The van der Waals surface area contributed by atoms with Crippen molar-refractivity contribution >= 4 is 20.2 Å². The van der Waals surface area contributed by atoms with Gasteiger partial charge in [0.1, 0.15) is 34.5 Å². The van der Waals surface area contributed by atoms with E-state index in [-0.39, 0.29) is 47.7 Å². The zero-order valence-electron chi connectivity index (χ0n) is 25.8. The lowest BCUT2D eigenvalue weighted by atomic mass is 10.0. The van der Waals surface area contributed by atoms with Crippen molar-refractivity contribution in [2.45, 2.75) is 114 Å². The molecule has 0 unspecified atom stereocenters. The number of hydrogen-bond donors (Lipinski definition) is 2. The van der Waals surface area contributed by atoms with E-state index in [1.165, 1.54) is 50.7 Å². The van der Waals surface area contributed by atoms with Gasteiger partial charge in [-0.3, -0.25) is 9.11 Å². The summed E-state index contributed by atoms with van der Waals surface area (Å²) in [7, 11) is -8.93. The molecule has 0 heterocycles. The predicted molar refractivity (Wildman–Crippen MR) is 168 cm³/mol. The molecule has 0 amide bonds. The van der Waals surface area contributed by atoms with Gasteiger partial charge in [-0.15, -0.1) is 0 Å². The molecule has 0 atom stereocenters. The fraction of sp³-hybridized carbons (Fsp3) is 0.625. The molecule has 43 heavy (non-hydrogen) atoms. The molecular weight excluding hydrogens is 592 g/mol. The van der Waals surface area contributed by atoms with E-state index in [1.807, 2.05) is 0 Å². The summed E-state index contributed by atoms with van der Waals surface area (Å²) in [5, 5.41) is 0. The van der Waals surface area contributed by atoms with Crippen molar-refractivity contribution in [3.63, 3.8) is 0 Å². The minimum atomic E-state index is -4.47. The highest BCUT2D eigenvalue weighted by molar-refractivity contribution is 7.86. The second kappa shape index (κ2) is 20.0. The lowest BCUT2D eigenvalue weighted by Gasteiger charge is -2.13. The molecule has 244 valence electrons. The second-order valence-corrected chi connectivity index (χ2v) is 13.6. The summed E-state index contributed by atoms with van der Waals surface area (Å²) in [6.07, 6.45) is 15.0. The molecule has 0 bridgehead atoms. The summed E-state index contributed by atoms with van der Waals surface area (Å²) >= 11 is 0. The maximum absolute atomic E-state index is 11.9. The Hall–Kier alpha value is -2.18. The molecule has 0 fully saturated rings. The fourth-order valence-electron chi connectivity index (χ4n) is 4.80. The molecule has 11 heteroatoms. The Bertz CT molecular complexity index is 1190. The molecule has 0 radical (unpaired) electrons. The number of rotatable bonds is 24. The molecule has 0 aliphatic heterocycles. The van der Waals surface area contributed by atoms with Crippen molar-refractivity contribution in [2.24, 2.45) is 0 Å². The molecule has 0 saturated carbocycles. The van der Waals surface area contributed by atoms with E-state index >= 15 is 0 Å². The molecule has 9 nitrogen and oxygen atoms in total. The van der Waals surface area contributed by atoms with Gasteiger partial charge in [0, 0.05) is 0 Å². The van der Waals surface area contributed by atoms with Crippen molar-refractivity contribution in [1.82, 2.24) is 0 Å². The van der Waals surface area contributed by atoms with Crippen LogP contribution in [-0.4, -0.2) is 52.4 Å². The van der Waals surface area contributed by atoms with Crippen LogP contribution in [0, 0.1) is 0 Å². The van der Waals surface area contributed by atoms with Crippen molar-refractivity contribution in [3.05, 3.63) is 47.5 Å². The largest absolute Gasteiger partial charge is 0.490 e. The van der Waals surface area contributed by atoms with Crippen molar-refractivity contribution < 1.29 is 40.2 Å². The van der Waals surface area contributed by atoms with E-state index in [1.54, 1.807) is 24.3 Å². The lowest BCUT2D eigenvalue weighted by molar-refractivity contribution is 0.0749. The maximum Gasteiger partial charge on any atom is 0.298 e. The van der Waals surface area contributed by atoms with Gasteiger partial charge in [-0.1, -0.05) is 90.2 Å². The van der Waals surface area contributed by atoms with Gasteiger partial charge in [-0.05, 0) is 61.1 Å². The van der Waals surface area contributed by atoms with Crippen LogP contribution in [0.3, 0.4) is 0 Å². The first kappa shape index (κ1) is 37.0. The fourth-order valence-corrected chi connectivity index (χ4v) is 6.16. The molecule has 0 aromatic heterocycles. The summed E-state index contributed by atoms with van der Waals surface area (Å²) in [6.45, 7) is 4.61. The van der Waals surface area contributed by atoms with Gasteiger partial charge < -0.3 is 14.2 Å². The molecule has 2 N–H and O–H groups in total. The molecule has 2 aromatic carbocycles. The summed E-state index contributed by atoms with van der Waals surface area (Å²) in [6, 6.07) is 9.61. The van der Waals surface area contributed by atoms with Crippen LogP contribution >= 0.6 is 0 Å². The molecule has 2 aromatic rings. The molecule has 0 spiro atoms. The number of ether oxygens (including phenoxy) is 3. The van der Waals surface area contributed by atoms with E-state index in [4.69, 9.17) is 14.2 Å². The number of benzene rings is 2. The van der Waals surface area contributed by atoms with Crippen molar-refractivity contribution in [1.29, 1.82) is 0 Å². The third kappa shape index (κ3) is 14.9. The van der Waals surface area contributed by atoms with Crippen LogP contribution < -0.4 is 9.47 Å². The zero-order chi connectivity index (χ0) is 31.6. The first-order chi connectivity index (χ1) is 20.6. The van der Waals surface area contributed by atoms with Gasteiger partial charge in [0.25, 0.3) is 20.2 Å². The van der Waals surface area contributed by atoms with E-state index in [9.17, 15) is 25.9 Å². The normalized spacial score (nSPS) is 12.0. The number of hydrogen-bond acceptors (Lipinski definition) is 7. The SMILES string of the molecule is CCCCCCCCc1ccc(OCCOCCOc2ccc(CCCCCCCC)cc2S(=O)(=O)O)c(S(=O)(=O)O)c1. The van der Waals surface area contributed by atoms with Crippen LogP contribution in [0.15, 0.2) is 46.2 Å². The second-order valence-electron chi connectivity index (χ2n) is 10.9. The summed E-state index contributed by atoms with van der Waals surface area (Å²) < 4.78 is 83.8. The van der Waals surface area contributed by atoms with E-state index < -0.39 is 20.2 Å². The first-order valence-electron chi connectivity index (χ1n) is 15.6. The third-order valence-corrected chi connectivity index (χ3v) is 8.93. The van der Waals surface area contributed by atoms with Crippen LogP contribution in [0.4, 0.5) is 0 Å². The van der Waals surface area contributed by atoms with Crippen LogP contribution in [0.2, 0.25) is 0 Å². The maximum atomic E-state index is 11.9. The predicted octanol–water partition coefficient (Wildman–Crippen LogP) is 7.46. The highest BCUT2D eigenvalue weighted by Gasteiger charge is 2.19. The minimum absolute atomic E-state index is 0.0305. The van der Waals surface area contributed by atoms with Gasteiger partial charge in [0.2, 0.25) is 0 Å². The van der Waals surface area contributed by atoms with Crippen molar-refractivity contribution in [2.75, 3.05) is 26.4 Å². The van der Waals surface area contributed by atoms with Gasteiger partial charge >= 0.3 is 0 Å². The Morgan fingerprint density at radius 3 is 1.28 bits per heavy atom. The molecule has 0 aliphatic rings. The van der Waals surface area contributed by atoms with Gasteiger partial charge in [-0.25, -0.2) is 0 Å². The molecular formula is C32H50O9S2. The Morgan fingerprint density at radius 1 is 0.535 bits per heavy atom. The zero-order valence-corrected chi connectivity index (χ0v) is 27.4. The molecule has 2 rings (SSSR count). The van der Waals surface area contributed by atoms with Crippen LogP contribution in [0.25, 0.3) is 0 Å². The topological polar surface area (TPSA) is 136 Å². The van der Waals surface area contributed by atoms with E-state index in [0.717, 1.165) is 62.5 Å². The van der Waals surface area contributed by atoms with Gasteiger partial charge in [0.05, 0.1) is 13.2 Å². The highest BCUT2D eigenvalue weighted by Crippen LogP contribution is 2.27. The molecule has 0 aliphatic carbocycles. The lowest BCUT2D eigenvalue weighted by Crippen LogP contribution is -2.14. The first-order valence-corrected chi connectivity index (χ1v) is 18.5. The van der Waals surface area contributed by atoms with Gasteiger partial charge in [0.15, 0.2) is 0 Å².